The van der Waals surface area contributed by atoms with Gasteiger partial charge in [0.15, 0.2) is 0 Å². The van der Waals surface area contributed by atoms with E-state index >= 15 is 0 Å². The van der Waals surface area contributed by atoms with Gasteiger partial charge in [-0.2, -0.15) is 5.10 Å². The Morgan fingerprint density at radius 1 is 1.18 bits per heavy atom. The Kier molecular flexibility index (Phi) is 4.80. The Balaban J connectivity index is 1.41. The summed E-state index contributed by atoms with van der Waals surface area (Å²) in [6.45, 7) is 0.130. The summed E-state index contributed by atoms with van der Waals surface area (Å²) in [5.74, 6) is -0.265. The number of anilines is 1. The van der Waals surface area contributed by atoms with Gasteiger partial charge in [-0.3, -0.25) is 14.5 Å². The van der Waals surface area contributed by atoms with Crippen LogP contribution in [0.3, 0.4) is 0 Å². The van der Waals surface area contributed by atoms with Gasteiger partial charge in [-0.1, -0.05) is 36.6 Å². The fourth-order valence-electron chi connectivity index (χ4n) is 3.79. The van der Waals surface area contributed by atoms with Gasteiger partial charge in [0, 0.05) is 11.1 Å². The van der Waals surface area contributed by atoms with E-state index in [1.807, 2.05) is 12.1 Å². The molecule has 1 saturated heterocycles. The van der Waals surface area contributed by atoms with Crippen LogP contribution in [0, 0.1) is 0 Å². The molecule has 2 aliphatic rings. The SMILES string of the molecule is O=C(CN1C(=O)NC2(CCCC2)C1=O)Nc1ccnn1Cc1ccc(Cl)cc1. The summed E-state index contributed by atoms with van der Waals surface area (Å²) in [6, 6.07) is 8.49. The van der Waals surface area contributed by atoms with Gasteiger partial charge in [-0.15, -0.1) is 0 Å². The average Bonchev–Trinajstić information content (AvgIpc) is 3.36. The second-order valence-corrected chi connectivity index (χ2v) is 7.60. The third-order valence-corrected chi connectivity index (χ3v) is 5.49. The average molecular weight is 402 g/mol. The maximum absolute atomic E-state index is 12.6. The molecule has 4 rings (SSSR count). The zero-order valence-corrected chi connectivity index (χ0v) is 15.9. The Morgan fingerprint density at radius 3 is 2.61 bits per heavy atom. The molecule has 0 unspecified atom stereocenters. The van der Waals surface area contributed by atoms with Gasteiger partial charge < -0.3 is 10.6 Å². The number of carbonyl (C=O) groups is 3. The first-order valence-corrected chi connectivity index (χ1v) is 9.55. The molecular formula is C19H20ClN5O3. The number of hydrogen-bond donors (Lipinski definition) is 2. The predicted octanol–water partition coefficient (Wildman–Crippen LogP) is 2.39. The van der Waals surface area contributed by atoms with Crippen LogP contribution in [-0.4, -0.2) is 44.6 Å². The summed E-state index contributed by atoms with van der Waals surface area (Å²) in [4.78, 5) is 38.3. The highest BCUT2D eigenvalue weighted by molar-refractivity contribution is 6.30. The van der Waals surface area contributed by atoms with Gasteiger partial charge in [-0.25, -0.2) is 9.48 Å². The van der Waals surface area contributed by atoms with Crippen molar-refractivity contribution in [2.75, 3.05) is 11.9 Å². The third-order valence-electron chi connectivity index (χ3n) is 5.23. The summed E-state index contributed by atoms with van der Waals surface area (Å²) >= 11 is 5.90. The number of carbonyl (C=O) groups excluding carboxylic acids is 3. The lowest BCUT2D eigenvalue weighted by atomic mass is 9.98. The molecule has 1 aliphatic heterocycles. The smallest absolute Gasteiger partial charge is 0.323 e. The van der Waals surface area contributed by atoms with Crippen molar-refractivity contribution in [3.63, 3.8) is 0 Å². The molecule has 2 fully saturated rings. The van der Waals surface area contributed by atoms with E-state index in [-0.39, 0.29) is 12.5 Å². The molecule has 9 heteroatoms. The van der Waals surface area contributed by atoms with Crippen LogP contribution in [0.15, 0.2) is 36.5 Å². The lowest BCUT2D eigenvalue weighted by molar-refractivity contribution is -0.133. The molecule has 8 nitrogen and oxygen atoms in total. The molecule has 0 radical (unpaired) electrons. The van der Waals surface area contributed by atoms with E-state index in [0.717, 1.165) is 23.3 Å². The van der Waals surface area contributed by atoms with E-state index in [1.54, 1.807) is 29.1 Å². The fourth-order valence-corrected chi connectivity index (χ4v) is 3.92. The van der Waals surface area contributed by atoms with Crippen LogP contribution < -0.4 is 10.6 Å². The summed E-state index contributed by atoms with van der Waals surface area (Å²) in [5.41, 5.74) is 0.161. The van der Waals surface area contributed by atoms with Crippen molar-refractivity contribution in [3.05, 3.63) is 47.1 Å². The zero-order chi connectivity index (χ0) is 19.7. The minimum atomic E-state index is -0.812. The third kappa shape index (κ3) is 3.47. The second-order valence-electron chi connectivity index (χ2n) is 7.16. The minimum Gasteiger partial charge on any atom is -0.323 e. The van der Waals surface area contributed by atoms with Crippen molar-refractivity contribution in [3.8, 4) is 0 Å². The largest absolute Gasteiger partial charge is 0.325 e. The number of imide groups is 1. The van der Waals surface area contributed by atoms with E-state index in [9.17, 15) is 14.4 Å². The van der Waals surface area contributed by atoms with Gasteiger partial charge in [0.1, 0.15) is 17.9 Å². The number of urea groups is 1. The van der Waals surface area contributed by atoms with E-state index < -0.39 is 17.5 Å². The van der Waals surface area contributed by atoms with Crippen molar-refractivity contribution in [2.24, 2.45) is 0 Å². The van der Waals surface area contributed by atoms with Crippen LogP contribution >= 0.6 is 11.6 Å². The molecule has 4 amide bonds. The molecule has 0 bridgehead atoms. The number of nitrogens with zero attached hydrogens (tertiary/aromatic N) is 3. The lowest BCUT2D eigenvalue weighted by Crippen LogP contribution is -2.44. The Morgan fingerprint density at radius 2 is 1.89 bits per heavy atom. The van der Waals surface area contributed by atoms with E-state index in [4.69, 9.17) is 11.6 Å². The molecule has 1 saturated carbocycles. The van der Waals surface area contributed by atoms with E-state index in [0.29, 0.717) is 30.2 Å². The highest BCUT2D eigenvalue weighted by Gasteiger charge is 2.52. The number of benzene rings is 1. The number of aromatic nitrogens is 2. The number of halogens is 1. The quantitative estimate of drug-likeness (QED) is 0.752. The first kappa shape index (κ1) is 18.5. The standard InChI is InChI=1S/C19H20ClN5O3/c20-14-5-3-13(4-6-14)11-25-15(7-10-21-25)22-16(26)12-24-17(27)19(23-18(24)28)8-1-2-9-19/h3-7,10H,1-2,8-9,11-12H2,(H,22,26)(H,23,28). The van der Waals surface area contributed by atoms with Crippen molar-refractivity contribution in [1.82, 2.24) is 20.0 Å². The zero-order valence-electron chi connectivity index (χ0n) is 15.2. The second kappa shape index (κ2) is 7.27. The molecule has 146 valence electrons. The van der Waals surface area contributed by atoms with Crippen LogP contribution in [-0.2, 0) is 16.1 Å². The van der Waals surface area contributed by atoms with Crippen LogP contribution in [0.2, 0.25) is 5.02 Å². The van der Waals surface area contributed by atoms with Crippen molar-refractivity contribution in [2.45, 2.75) is 37.8 Å². The molecular weight excluding hydrogens is 382 g/mol. The summed E-state index contributed by atoms with van der Waals surface area (Å²) in [6.07, 6.45) is 4.63. The predicted molar refractivity (Wildman–Crippen MR) is 103 cm³/mol. The topological polar surface area (TPSA) is 96.3 Å². The van der Waals surface area contributed by atoms with Gasteiger partial charge in [-0.05, 0) is 30.5 Å². The van der Waals surface area contributed by atoms with Crippen molar-refractivity contribution in [1.29, 1.82) is 0 Å². The van der Waals surface area contributed by atoms with Gasteiger partial charge >= 0.3 is 6.03 Å². The van der Waals surface area contributed by atoms with Gasteiger partial charge in [0.25, 0.3) is 5.91 Å². The molecule has 0 atom stereocenters. The minimum absolute atomic E-state index is 0.306. The van der Waals surface area contributed by atoms with E-state index in [1.165, 1.54) is 0 Å². The van der Waals surface area contributed by atoms with Crippen molar-refractivity contribution < 1.29 is 14.4 Å². The number of amides is 4. The first-order valence-electron chi connectivity index (χ1n) is 9.17. The number of rotatable bonds is 5. The Labute approximate surface area is 166 Å². The molecule has 2 aromatic rings. The summed E-state index contributed by atoms with van der Waals surface area (Å²) in [7, 11) is 0. The molecule has 2 N–H and O–H groups in total. The van der Waals surface area contributed by atoms with Crippen LogP contribution in [0.25, 0.3) is 0 Å². The summed E-state index contributed by atoms with van der Waals surface area (Å²) in [5, 5.41) is 10.4. The molecule has 1 aromatic carbocycles. The summed E-state index contributed by atoms with van der Waals surface area (Å²) < 4.78 is 1.63. The monoisotopic (exact) mass is 401 g/mol. The number of nitrogens with one attached hydrogen (secondary N) is 2. The maximum Gasteiger partial charge on any atom is 0.325 e. The normalized spacial score (nSPS) is 18.0. The van der Waals surface area contributed by atoms with Crippen LogP contribution in [0.4, 0.5) is 10.6 Å². The maximum atomic E-state index is 12.6. The van der Waals surface area contributed by atoms with Crippen molar-refractivity contribution >= 4 is 35.3 Å². The first-order chi connectivity index (χ1) is 13.5. The lowest BCUT2D eigenvalue weighted by Gasteiger charge is -2.19. The fraction of sp³-hybridized carbons (Fsp3) is 0.368. The van der Waals surface area contributed by atoms with Gasteiger partial charge in [0.2, 0.25) is 5.91 Å². The molecule has 1 aliphatic carbocycles. The van der Waals surface area contributed by atoms with Crippen LogP contribution in [0.5, 0.6) is 0 Å². The molecule has 1 spiro atoms. The highest BCUT2D eigenvalue weighted by atomic mass is 35.5. The Bertz CT molecular complexity index is 918. The number of hydrogen-bond acceptors (Lipinski definition) is 4. The highest BCUT2D eigenvalue weighted by Crippen LogP contribution is 2.34. The molecule has 2 heterocycles. The van der Waals surface area contributed by atoms with E-state index in [2.05, 4.69) is 15.7 Å². The van der Waals surface area contributed by atoms with Gasteiger partial charge in [0.05, 0.1) is 12.7 Å². The molecule has 1 aromatic heterocycles. The van der Waals surface area contributed by atoms with Crippen LogP contribution in [0.1, 0.15) is 31.2 Å². The molecule has 28 heavy (non-hydrogen) atoms. The Hall–Kier alpha value is -2.87.